The van der Waals surface area contributed by atoms with E-state index >= 15 is 0 Å². The summed E-state index contributed by atoms with van der Waals surface area (Å²) in [6.45, 7) is 0. The lowest BCUT2D eigenvalue weighted by molar-refractivity contribution is 0.582. The highest BCUT2D eigenvalue weighted by atomic mass is 32.1. The molecule has 2 aromatic heterocycles. The third kappa shape index (κ3) is 3.14. The third-order valence-corrected chi connectivity index (χ3v) is 5.51. The molecule has 2 nitrogen and oxygen atoms in total. The molecule has 3 aromatic carbocycles. The Labute approximate surface area is 161 Å². The minimum absolute atomic E-state index is 0.788. The summed E-state index contributed by atoms with van der Waals surface area (Å²) in [6.07, 6.45) is 0. The van der Waals surface area contributed by atoms with Crippen molar-refractivity contribution in [1.29, 1.82) is 0 Å². The number of fused-ring (bicyclic) bond motifs is 1. The van der Waals surface area contributed by atoms with Gasteiger partial charge in [0.1, 0.15) is 0 Å². The smallest absolute Gasteiger partial charge is 0.228 e. The van der Waals surface area contributed by atoms with Crippen molar-refractivity contribution >= 4 is 21.6 Å². The molecule has 0 amide bonds. The molecule has 3 heteroatoms. The summed E-state index contributed by atoms with van der Waals surface area (Å²) >= 11 is 1.65. The monoisotopic (exact) mass is 366 g/mol. The molecule has 0 aliphatic heterocycles. The second kappa shape index (κ2) is 6.78. The Morgan fingerprint density at radius 1 is 0.593 bits per heavy atom. The predicted octanol–water partition coefficient (Wildman–Crippen LogP) is 7.17. The molecule has 0 aliphatic rings. The van der Waals surface area contributed by atoms with Crippen molar-refractivity contribution in [2.24, 2.45) is 0 Å². The zero-order valence-electron chi connectivity index (χ0n) is 14.5. The Hall–Kier alpha value is -3.30. The highest BCUT2D eigenvalue weighted by Crippen LogP contribution is 2.36. The number of hydrogen-bond donors (Lipinski definition) is 0. The summed E-state index contributed by atoms with van der Waals surface area (Å²) in [5.41, 5.74) is 4.33. The Bertz CT molecular complexity index is 1120. The van der Waals surface area contributed by atoms with Gasteiger partial charge in [0.25, 0.3) is 0 Å². The molecule has 0 atom stereocenters. The molecule has 5 rings (SSSR count). The molecule has 128 valence electrons. The van der Waals surface area contributed by atoms with Crippen molar-refractivity contribution in [3.05, 3.63) is 97.1 Å². The van der Waals surface area contributed by atoms with Gasteiger partial charge in [-0.25, -0.2) is 9.40 Å². The molecule has 5 aromatic rings. The first-order valence-corrected chi connectivity index (χ1v) is 9.63. The van der Waals surface area contributed by atoms with Gasteiger partial charge >= 0.3 is 11.5 Å². The fraction of sp³-hybridized carbons (Fsp3) is 0. The van der Waals surface area contributed by atoms with E-state index in [4.69, 9.17) is 9.40 Å². The SMILES string of the molecule is c1ccc(-c2cc(-c3ccccc3)[o+]c(-c3nc4ccccc4s3)c2)cc1. The van der Waals surface area contributed by atoms with Crippen molar-refractivity contribution < 1.29 is 4.42 Å². The van der Waals surface area contributed by atoms with E-state index in [0.717, 1.165) is 43.4 Å². The van der Waals surface area contributed by atoms with E-state index in [2.05, 4.69) is 54.6 Å². The number of hydrogen-bond acceptors (Lipinski definition) is 2. The standard InChI is InChI=1S/C24H16NOS/c1-3-9-17(10-4-1)19-15-21(18-11-5-2-6-12-18)26-22(16-19)24-25-20-13-7-8-14-23(20)27-24/h1-16H/q+1. The van der Waals surface area contributed by atoms with E-state index in [0.29, 0.717) is 0 Å². The van der Waals surface area contributed by atoms with Crippen molar-refractivity contribution in [3.63, 3.8) is 0 Å². The first kappa shape index (κ1) is 15.9. The summed E-state index contributed by atoms with van der Waals surface area (Å²) in [5, 5.41) is 0.895. The van der Waals surface area contributed by atoms with Gasteiger partial charge in [0.15, 0.2) is 0 Å². The largest absolute Gasteiger partial charge is 0.389 e. The van der Waals surface area contributed by atoms with Crippen LogP contribution in [0.25, 0.3) is 43.4 Å². The van der Waals surface area contributed by atoms with Crippen LogP contribution in [0.3, 0.4) is 0 Å². The minimum Gasteiger partial charge on any atom is -0.228 e. The topological polar surface area (TPSA) is 24.2 Å². The average molecular weight is 366 g/mol. The van der Waals surface area contributed by atoms with Crippen LogP contribution in [-0.4, -0.2) is 4.98 Å². The second-order valence-electron chi connectivity index (χ2n) is 6.29. The minimum atomic E-state index is 0.788. The van der Waals surface area contributed by atoms with Gasteiger partial charge in [-0.05, 0) is 29.8 Å². The van der Waals surface area contributed by atoms with Crippen LogP contribution >= 0.6 is 11.3 Å². The maximum atomic E-state index is 6.29. The van der Waals surface area contributed by atoms with Crippen LogP contribution in [0, 0.1) is 0 Å². The fourth-order valence-corrected chi connectivity index (χ4v) is 4.04. The molecule has 0 saturated heterocycles. The van der Waals surface area contributed by atoms with Crippen molar-refractivity contribution in [1.82, 2.24) is 4.98 Å². The molecular formula is C24H16NOS+. The lowest BCUT2D eigenvalue weighted by Gasteiger charge is -2.00. The number of rotatable bonds is 3. The zero-order chi connectivity index (χ0) is 18.1. The van der Waals surface area contributed by atoms with Crippen LogP contribution in [0.1, 0.15) is 0 Å². The van der Waals surface area contributed by atoms with Gasteiger partial charge in [-0.3, -0.25) is 0 Å². The summed E-state index contributed by atoms with van der Waals surface area (Å²) in [6, 6.07) is 32.9. The van der Waals surface area contributed by atoms with Crippen LogP contribution in [-0.2, 0) is 0 Å². The molecule has 0 aliphatic carbocycles. The molecule has 2 heterocycles. The molecule has 0 N–H and O–H groups in total. The van der Waals surface area contributed by atoms with Gasteiger partial charge in [-0.15, -0.1) is 11.3 Å². The van der Waals surface area contributed by atoms with E-state index in [-0.39, 0.29) is 0 Å². The van der Waals surface area contributed by atoms with Crippen molar-refractivity contribution in [2.75, 3.05) is 0 Å². The third-order valence-electron chi connectivity index (χ3n) is 4.46. The van der Waals surface area contributed by atoms with Gasteiger partial charge in [0.05, 0.1) is 27.9 Å². The molecule has 0 unspecified atom stereocenters. The molecule has 0 bridgehead atoms. The molecule has 27 heavy (non-hydrogen) atoms. The molecule has 0 radical (unpaired) electrons. The number of thiazole rings is 1. The fourth-order valence-electron chi connectivity index (χ4n) is 3.13. The normalized spacial score (nSPS) is 11.0. The van der Waals surface area contributed by atoms with E-state index in [1.54, 1.807) is 11.3 Å². The van der Waals surface area contributed by atoms with Crippen molar-refractivity contribution in [2.45, 2.75) is 0 Å². The van der Waals surface area contributed by atoms with E-state index in [1.165, 1.54) is 0 Å². The van der Waals surface area contributed by atoms with Gasteiger partial charge in [0, 0.05) is 5.56 Å². The second-order valence-corrected chi connectivity index (χ2v) is 7.32. The lowest BCUT2D eigenvalue weighted by atomic mass is 10.0. The molecule has 0 saturated carbocycles. The van der Waals surface area contributed by atoms with Gasteiger partial charge < -0.3 is 0 Å². The van der Waals surface area contributed by atoms with E-state index in [9.17, 15) is 0 Å². The van der Waals surface area contributed by atoms with Crippen LogP contribution in [0.15, 0.2) is 101 Å². The summed E-state index contributed by atoms with van der Waals surface area (Å²) in [4.78, 5) is 4.78. The number of nitrogens with zero attached hydrogens (tertiary/aromatic N) is 1. The number of para-hydroxylation sites is 1. The maximum Gasteiger partial charge on any atom is 0.389 e. The van der Waals surface area contributed by atoms with E-state index in [1.807, 2.05) is 42.5 Å². The van der Waals surface area contributed by atoms with Crippen LogP contribution in [0.5, 0.6) is 0 Å². The quantitative estimate of drug-likeness (QED) is 0.316. The zero-order valence-corrected chi connectivity index (χ0v) is 15.3. The Balaban J connectivity index is 1.72. The van der Waals surface area contributed by atoms with Crippen LogP contribution in [0.2, 0.25) is 0 Å². The van der Waals surface area contributed by atoms with Crippen LogP contribution < -0.4 is 0 Å². The summed E-state index contributed by atoms with van der Waals surface area (Å²) in [7, 11) is 0. The predicted molar refractivity (Wildman–Crippen MR) is 113 cm³/mol. The first-order chi connectivity index (χ1) is 13.4. The average Bonchev–Trinajstić information content (AvgIpc) is 3.19. The van der Waals surface area contributed by atoms with Gasteiger partial charge in [-0.2, -0.15) is 0 Å². The summed E-state index contributed by atoms with van der Waals surface area (Å²) in [5.74, 6) is 1.63. The van der Waals surface area contributed by atoms with Crippen molar-refractivity contribution in [3.8, 4) is 33.2 Å². The maximum absolute atomic E-state index is 6.29. The highest BCUT2D eigenvalue weighted by Gasteiger charge is 2.23. The highest BCUT2D eigenvalue weighted by molar-refractivity contribution is 7.21. The molecular weight excluding hydrogens is 350 g/mol. The Morgan fingerprint density at radius 2 is 1.22 bits per heavy atom. The Morgan fingerprint density at radius 3 is 1.96 bits per heavy atom. The van der Waals surface area contributed by atoms with Gasteiger partial charge in [-0.1, -0.05) is 60.7 Å². The van der Waals surface area contributed by atoms with Crippen LogP contribution in [0.4, 0.5) is 0 Å². The molecule has 0 spiro atoms. The molecule has 0 fully saturated rings. The Kier molecular flexibility index (Phi) is 4.00. The van der Waals surface area contributed by atoms with Gasteiger partial charge in [0.2, 0.25) is 5.01 Å². The lowest BCUT2D eigenvalue weighted by Crippen LogP contribution is -1.85. The number of aromatic nitrogens is 1. The number of benzene rings is 3. The van der Waals surface area contributed by atoms with E-state index < -0.39 is 0 Å². The summed E-state index contributed by atoms with van der Waals surface area (Å²) < 4.78 is 7.45. The first-order valence-electron chi connectivity index (χ1n) is 8.82.